The van der Waals surface area contributed by atoms with E-state index in [-0.39, 0.29) is 18.5 Å². The van der Waals surface area contributed by atoms with Crippen LogP contribution in [0.5, 0.6) is 5.75 Å². The summed E-state index contributed by atoms with van der Waals surface area (Å²) in [5.74, 6) is 0.997. The number of amides is 1. The zero-order valence-corrected chi connectivity index (χ0v) is 16.8. The molecular weight excluding hydrogens is 384 g/mol. The van der Waals surface area contributed by atoms with Crippen LogP contribution in [0.2, 0.25) is 0 Å². The zero-order chi connectivity index (χ0) is 21.3. The second-order valence-electron chi connectivity index (χ2n) is 6.35. The van der Waals surface area contributed by atoms with Gasteiger partial charge in [-0.1, -0.05) is 30.3 Å². The van der Waals surface area contributed by atoms with Gasteiger partial charge in [0, 0.05) is 5.56 Å². The molecule has 0 unspecified atom stereocenters. The molecule has 2 aromatic carbocycles. The minimum atomic E-state index is -0.379. The Hall–Kier alpha value is -3.87. The van der Waals surface area contributed by atoms with Gasteiger partial charge in [-0.3, -0.25) is 4.79 Å². The molecule has 1 heterocycles. The van der Waals surface area contributed by atoms with Gasteiger partial charge in [-0.15, -0.1) is 0 Å². The van der Waals surface area contributed by atoms with Crippen molar-refractivity contribution in [2.24, 2.45) is 5.10 Å². The molecule has 1 aromatic heterocycles. The maximum Gasteiger partial charge on any atom is 0.338 e. The topological polar surface area (TPSA) is 90.1 Å². The van der Waals surface area contributed by atoms with E-state index < -0.39 is 0 Å². The van der Waals surface area contributed by atoms with Gasteiger partial charge in [0.1, 0.15) is 17.3 Å². The number of carbonyl (C=O) groups excluding carboxylic acids is 2. The highest BCUT2D eigenvalue weighted by atomic mass is 16.5. The van der Waals surface area contributed by atoms with Crippen LogP contribution < -0.4 is 10.2 Å². The van der Waals surface area contributed by atoms with E-state index >= 15 is 0 Å². The quantitative estimate of drug-likeness (QED) is 0.347. The van der Waals surface area contributed by atoms with Gasteiger partial charge in [0.15, 0.2) is 6.61 Å². The number of aryl methyl sites for hydroxylation is 1. The number of para-hydroxylation sites is 1. The standard InChI is InChI=1S/C23H22N2O5/c1-3-28-23(27)18-10-8-17(9-11-18)21-13-12-19(30-21)14-24-25-22(26)15-29-20-7-5-4-6-16(20)2/h4-14H,3,15H2,1-2H3,(H,25,26)/b24-14-. The molecule has 3 aromatic rings. The highest BCUT2D eigenvalue weighted by Gasteiger charge is 2.08. The summed E-state index contributed by atoms with van der Waals surface area (Å²) in [6.07, 6.45) is 1.40. The molecule has 0 spiro atoms. The molecule has 0 atom stereocenters. The predicted molar refractivity (Wildman–Crippen MR) is 113 cm³/mol. The van der Waals surface area contributed by atoms with Gasteiger partial charge in [0.05, 0.1) is 18.4 Å². The van der Waals surface area contributed by atoms with Gasteiger partial charge in [0.2, 0.25) is 0 Å². The van der Waals surface area contributed by atoms with E-state index in [1.54, 1.807) is 49.4 Å². The van der Waals surface area contributed by atoms with Crippen molar-refractivity contribution in [3.05, 3.63) is 77.6 Å². The third-order valence-corrected chi connectivity index (χ3v) is 4.14. The van der Waals surface area contributed by atoms with Crippen LogP contribution >= 0.6 is 0 Å². The average molecular weight is 406 g/mol. The third kappa shape index (κ3) is 5.57. The van der Waals surface area contributed by atoms with Gasteiger partial charge in [0.25, 0.3) is 5.91 Å². The lowest BCUT2D eigenvalue weighted by atomic mass is 10.1. The SMILES string of the molecule is CCOC(=O)c1ccc(-c2ccc(/C=N\NC(=O)COc3ccccc3C)o2)cc1. The van der Waals surface area contributed by atoms with Gasteiger partial charge < -0.3 is 13.9 Å². The Morgan fingerprint density at radius 1 is 1.07 bits per heavy atom. The molecule has 0 bridgehead atoms. The molecule has 0 saturated heterocycles. The molecule has 0 aliphatic rings. The second-order valence-corrected chi connectivity index (χ2v) is 6.35. The fraction of sp³-hybridized carbons (Fsp3) is 0.174. The zero-order valence-electron chi connectivity index (χ0n) is 16.8. The van der Waals surface area contributed by atoms with Gasteiger partial charge >= 0.3 is 5.97 Å². The summed E-state index contributed by atoms with van der Waals surface area (Å²) in [6.45, 7) is 3.86. The van der Waals surface area contributed by atoms with E-state index in [0.29, 0.717) is 29.4 Å². The molecule has 0 aliphatic heterocycles. The normalized spacial score (nSPS) is 10.7. The Kier molecular flexibility index (Phi) is 7.00. The first kappa shape index (κ1) is 20.9. The Morgan fingerprint density at radius 3 is 2.57 bits per heavy atom. The summed E-state index contributed by atoms with van der Waals surface area (Å²) in [7, 11) is 0. The fourth-order valence-electron chi connectivity index (χ4n) is 2.62. The van der Waals surface area contributed by atoms with Crippen LogP contribution in [0.1, 0.15) is 28.6 Å². The lowest BCUT2D eigenvalue weighted by molar-refractivity contribution is -0.123. The van der Waals surface area contributed by atoms with Crippen molar-refractivity contribution in [2.45, 2.75) is 13.8 Å². The summed E-state index contributed by atoms with van der Waals surface area (Å²) >= 11 is 0. The lowest BCUT2D eigenvalue weighted by Crippen LogP contribution is -2.24. The first-order chi connectivity index (χ1) is 14.6. The Balaban J connectivity index is 1.52. The summed E-state index contributed by atoms with van der Waals surface area (Å²) in [5, 5.41) is 3.88. The minimum Gasteiger partial charge on any atom is -0.483 e. The predicted octanol–water partition coefficient (Wildman–Crippen LogP) is 3.96. The van der Waals surface area contributed by atoms with Gasteiger partial charge in [-0.05, 0) is 49.7 Å². The van der Waals surface area contributed by atoms with Crippen molar-refractivity contribution in [3.63, 3.8) is 0 Å². The smallest absolute Gasteiger partial charge is 0.338 e. The van der Waals surface area contributed by atoms with E-state index in [1.807, 2.05) is 25.1 Å². The monoisotopic (exact) mass is 406 g/mol. The summed E-state index contributed by atoms with van der Waals surface area (Å²) < 4.78 is 16.1. The molecule has 0 saturated carbocycles. The van der Waals surface area contributed by atoms with Crippen molar-refractivity contribution in [1.29, 1.82) is 0 Å². The first-order valence-electron chi connectivity index (χ1n) is 9.44. The Bertz CT molecular complexity index is 1040. The molecule has 7 nitrogen and oxygen atoms in total. The number of hydrogen-bond acceptors (Lipinski definition) is 6. The Morgan fingerprint density at radius 2 is 1.83 bits per heavy atom. The maximum atomic E-state index is 11.9. The van der Waals surface area contributed by atoms with Crippen molar-refractivity contribution < 1.29 is 23.5 Å². The van der Waals surface area contributed by atoms with Crippen LogP contribution in [-0.2, 0) is 9.53 Å². The van der Waals surface area contributed by atoms with E-state index in [1.165, 1.54) is 6.21 Å². The highest BCUT2D eigenvalue weighted by Crippen LogP contribution is 2.22. The van der Waals surface area contributed by atoms with E-state index in [0.717, 1.165) is 11.1 Å². The number of nitrogens with zero attached hydrogens (tertiary/aromatic N) is 1. The van der Waals surface area contributed by atoms with Crippen LogP contribution in [0.3, 0.4) is 0 Å². The minimum absolute atomic E-state index is 0.140. The lowest BCUT2D eigenvalue weighted by Gasteiger charge is -2.07. The molecule has 154 valence electrons. The van der Waals surface area contributed by atoms with E-state index in [9.17, 15) is 9.59 Å². The largest absolute Gasteiger partial charge is 0.483 e. The average Bonchev–Trinajstić information content (AvgIpc) is 3.22. The van der Waals surface area contributed by atoms with Crippen LogP contribution in [0.4, 0.5) is 0 Å². The van der Waals surface area contributed by atoms with Gasteiger partial charge in [-0.25, -0.2) is 10.2 Å². The molecule has 0 fully saturated rings. The first-order valence-corrected chi connectivity index (χ1v) is 9.44. The van der Waals surface area contributed by atoms with E-state index in [2.05, 4.69) is 10.5 Å². The van der Waals surface area contributed by atoms with Crippen molar-refractivity contribution in [3.8, 4) is 17.1 Å². The van der Waals surface area contributed by atoms with Crippen LogP contribution in [0.25, 0.3) is 11.3 Å². The van der Waals surface area contributed by atoms with Crippen LogP contribution in [-0.4, -0.2) is 31.3 Å². The highest BCUT2D eigenvalue weighted by molar-refractivity contribution is 5.90. The molecule has 7 heteroatoms. The maximum absolute atomic E-state index is 11.9. The van der Waals surface area contributed by atoms with E-state index in [4.69, 9.17) is 13.9 Å². The number of hydrogen-bond donors (Lipinski definition) is 1. The van der Waals surface area contributed by atoms with Crippen LogP contribution in [0, 0.1) is 6.92 Å². The number of ether oxygens (including phenoxy) is 2. The molecular formula is C23H22N2O5. The number of furan rings is 1. The van der Waals surface area contributed by atoms with Crippen molar-refractivity contribution in [2.75, 3.05) is 13.2 Å². The number of esters is 1. The summed E-state index contributed by atoms with van der Waals surface area (Å²) in [6, 6.07) is 17.9. The molecule has 1 N–H and O–H groups in total. The summed E-state index contributed by atoms with van der Waals surface area (Å²) in [5.41, 5.74) is 4.63. The number of carbonyl (C=O) groups is 2. The second kappa shape index (κ2) is 10.1. The number of nitrogens with one attached hydrogen (secondary N) is 1. The fourth-order valence-corrected chi connectivity index (χ4v) is 2.62. The third-order valence-electron chi connectivity index (χ3n) is 4.14. The molecule has 3 rings (SSSR count). The summed E-state index contributed by atoms with van der Waals surface area (Å²) in [4.78, 5) is 23.6. The molecule has 1 amide bonds. The number of rotatable bonds is 8. The van der Waals surface area contributed by atoms with Crippen molar-refractivity contribution >= 4 is 18.1 Å². The van der Waals surface area contributed by atoms with Gasteiger partial charge in [-0.2, -0.15) is 5.10 Å². The number of benzene rings is 2. The van der Waals surface area contributed by atoms with Crippen LogP contribution in [0.15, 0.2) is 70.2 Å². The molecule has 0 aliphatic carbocycles. The van der Waals surface area contributed by atoms with Crippen molar-refractivity contribution in [1.82, 2.24) is 5.43 Å². The Labute approximate surface area is 174 Å². The molecule has 30 heavy (non-hydrogen) atoms. The molecule has 0 radical (unpaired) electrons. The number of hydrazone groups is 1.